The van der Waals surface area contributed by atoms with Crippen LogP contribution in [-0.2, 0) is 13.6 Å². The molecule has 0 atom stereocenters. The van der Waals surface area contributed by atoms with Crippen LogP contribution in [0.15, 0.2) is 18.5 Å². The van der Waals surface area contributed by atoms with Crippen LogP contribution in [0.4, 0.5) is 5.69 Å². The third-order valence-corrected chi connectivity index (χ3v) is 3.68. The second-order valence-electron chi connectivity index (χ2n) is 4.77. The Morgan fingerprint density at radius 3 is 2.75 bits per heavy atom. The fourth-order valence-corrected chi connectivity index (χ4v) is 2.29. The molecule has 0 aliphatic heterocycles. The molecule has 0 radical (unpaired) electrons. The molecule has 2 rings (SSSR count). The summed E-state index contributed by atoms with van der Waals surface area (Å²) in [4.78, 5) is 4.07. The van der Waals surface area contributed by atoms with Crippen molar-refractivity contribution in [1.29, 1.82) is 0 Å². The van der Waals surface area contributed by atoms with E-state index in [9.17, 15) is 0 Å². The molecule has 0 aliphatic carbocycles. The first kappa shape index (κ1) is 14.8. The molecule has 0 bridgehead atoms. The molecular formula is C14H20ClN5. The number of hydrogen-bond acceptors (Lipinski definition) is 4. The second kappa shape index (κ2) is 6.72. The van der Waals surface area contributed by atoms with E-state index in [0.717, 1.165) is 42.1 Å². The lowest BCUT2D eigenvalue weighted by molar-refractivity contribution is 0.703. The molecule has 2 N–H and O–H groups in total. The van der Waals surface area contributed by atoms with Gasteiger partial charge in [-0.2, -0.15) is 5.10 Å². The SMILES string of the molecule is Cc1cnccc1NCCNCc1c(C)nn(C)c1Cl. The predicted molar refractivity (Wildman–Crippen MR) is 82.1 cm³/mol. The van der Waals surface area contributed by atoms with E-state index >= 15 is 0 Å². The molecule has 2 aromatic rings. The number of aromatic nitrogens is 3. The normalized spacial score (nSPS) is 10.8. The summed E-state index contributed by atoms with van der Waals surface area (Å²) >= 11 is 6.18. The van der Waals surface area contributed by atoms with Crippen molar-refractivity contribution in [2.24, 2.45) is 7.05 Å². The molecule has 2 aromatic heterocycles. The highest BCUT2D eigenvalue weighted by molar-refractivity contribution is 6.30. The number of pyridine rings is 1. The van der Waals surface area contributed by atoms with Gasteiger partial charge in [0.05, 0.1) is 5.69 Å². The highest BCUT2D eigenvalue weighted by Crippen LogP contribution is 2.17. The lowest BCUT2D eigenvalue weighted by Gasteiger charge is -2.09. The van der Waals surface area contributed by atoms with Crippen molar-refractivity contribution in [3.63, 3.8) is 0 Å². The number of aryl methyl sites for hydroxylation is 3. The maximum atomic E-state index is 6.18. The number of anilines is 1. The van der Waals surface area contributed by atoms with E-state index in [1.54, 1.807) is 10.9 Å². The van der Waals surface area contributed by atoms with E-state index in [2.05, 4.69) is 20.7 Å². The third-order valence-electron chi connectivity index (χ3n) is 3.21. The lowest BCUT2D eigenvalue weighted by Crippen LogP contribution is -2.22. The third kappa shape index (κ3) is 3.49. The molecule has 108 valence electrons. The fourth-order valence-electron chi connectivity index (χ4n) is 2.05. The van der Waals surface area contributed by atoms with Crippen LogP contribution in [0.25, 0.3) is 0 Å². The van der Waals surface area contributed by atoms with Crippen molar-refractivity contribution in [2.45, 2.75) is 20.4 Å². The zero-order valence-corrected chi connectivity index (χ0v) is 12.8. The predicted octanol–water partition coefficient (Wildman–Crippen LogP) is 2.29. The molecule has 6 heteroatoms. The average Bonchev–Trinajstić information content (AvgIpc) is 2.66. The molecule has 2 heterocycles. The Morgan fingerprint density at radius 1 is 1.30 bits per heavy atom. The Morgan fingerprint density at radius 2 is 2.10 bits per heavy atom. The van der Waals surface area contributed by atoms with Crippen LogP contribution in [0, 0.1) is 13.8 Å². The van der Waals surface area contributed by atoms with Crippen LogP contribution >= 0.6 is 11.6 Å². The van der Waals surface area contributed by atoms with Gasteiger partial charge in [-0.15, -0.1) is 0 Å². The average molecular weight is 294 g/mol. The van der Waals surface area contributed by atoms with Crippen LogP contribution in [0.1, 0.15) is 16.8 Å². The molecule has 0 fully saturated rings. The van der Waals surface area contributed by atoms with Gasteiger partial charge in [0.1, 0.15) is 5.15 Å². The maximum Gasteiger partial charge on any atom is 0.131 e. The Hall–Kier alpha value is -1.59. The molecule has 0 amide bonds. The van der Waals surface area contributed by atoms with Crippen molar-refractivity contribution in [3.8, 4) is 0 Å². The summed E-state index contributed by atoms with van der Waals surface area (Å²) in [6, 6.07) is 1.98. The molecule has 0 spiro atoms. The minimum absolute atomic E-state index is 0.702. The quantitative estimate of drug-likeness (QED) is 0.803. The van der Waals surface area contributed by atoms with Gasteiger partial charge in [-0.05, 0) is 25.5 Å². The van der Waals surface area contributed by atoms with Gasteiger partial charge in [0.15, 0.2) is 0 Å². The van der Waals surface area contributed by atoms with Crippen LogP contribution < -0.4 is 10.6 Å². The first-order chi connectivity index (χ1) is 9.59. The second-order valence-corrected chi connectivity index (χ2v) is 5.13. The van der Waals surface area contributed by atoms with Crippen LogP contribution in [0.3, 0.4) is 0 Å². The van der Waals surface area contributed by atoms with Gasteiger partial charge in [0, 0.05) is 50.3 Å². The minimum Gasteiger partial charge on any atom is -0.383 e. The number of halogens is 1. The van der Waals surface area contributed by atoms with Gasteiger partial charge in [-0.1, -0.05) is 11.6 Å². The highest BCUT2D eigenvalue weighted by Gasteiger charge is 2.09. The smallest absolute Gasteiger partial charge is 0.131 e. The molecule has 5 nitrogen and oxygen atoms in total. The molecule has 0 unspecified atom stereocenters. The molecule has 0 saturated carbocycles. The fraction of sp³-hybridized carbons (Fsp3) is 0.429. The molecule has 0 aromatic carbocycles. The Labute approximate surface area is 124 Å². The van der Waals surface area contributed by atoms with E-state index in [1.165, 1.54) is 0 Å². The zero-order chi connectivity index (χ0) is 14.5. The summed E-state index contributed by atoms with van der Waals surface area (Å²) < 4.78 is 1.70. The summed E-state index contributed by atoms with van der Waals surface area (Å²) in [5.41, 5.74) is 4.31. The van der Waals surface area contributed by atoms with E-state index in [1.807, 2.05) is 33.2 Å². The zero-order valence-electron chi connectivity index (χ0n) is 12.1. The van der Waals surface area contributed by atoms with Gasteiger partial charge < -0.3 is 10.6 Å². The van der Waals surface area contributed by atoms with E-state index in [4.69, 9.17) is 11.6 Å². The summed E-state index contributed by atoms with van der Waals surface area (Å²) in [7, 11) is 1.85. The summed E-state index contributed by atoms with van der Waals surface area (Å²) in [5.74, 6) is 0. The van der Waals surface area contributed by atoms with Crippen molar-refractivity contribution >= 4 is 17.3 Å². The van der Waals surface area contributed by atoms with Crippen molar-refractivity contribution in [2.75, 3.05) is 18.4 Å². The molecule has 0 saturated heterocycles. The molecule has 20 heavy (non-hydrogen) atoms. The Balaban J connectivity index is 1.76. The van der Waals surface area contributed by atoms with Crippen LogP contribution in [0.2, 0.25) is 5.15 Å². The summed E-state index contributed by atoms with van der Waals surface area (Å²) in [6.07, 6.45) is 3.65. The van der Waals surface area contributed by atoms with Crippen molar-refractivity contribution < 1.29 is 0 Å². The first-order valence-electron chi connectivity index (χ1n) is 6.62. The summed E-state index contributed by atoms with van der Waals surface area (Å²) in [5, 5.41) is 11.7. The van der Waals surface area contributed by atoms with Crippen LogP contribution in [0.5, 0.6) is 0 Å². The number of nitrogens with zero attached hydrogens (tertiary/aromatic N) is 3. The Kier molecular flexibility index (Phi) is 4.98. The number of nitrogens with one attached hydrogen (secondary N) is 2. The topological polar surface area (TPSA) is 54.8 Å². The monoisotopic (exact) mass is 293 g/mol. The molecular weight excluding hydrogens is 274 g/mol. The lowest BCUT2D eigenvalue weighted by atomic mass is 10.2. The van der Waals surface area contributed by atoms with E-state index in [0.29, 0.717) is 5.15 Å². The first-order valence-corrected chi connectivity index (χ1v) is 7.00. The van der Waals surface area contributed by atoms with Gasteiger partial charge in [-0.25, -0.2) is 0 Å². The maximum absolute atomic E-state index is 6.18. The van der Waals surface area contributed by atoms with E-state index < -0.39 is 0 Å². The van der Waals surface area contributed by atoms with Crippen LogP contribution in [-0.4, -0.2) is 27.9 Å². The van der Waals surface area contributed by atoms with Gasteiger partial charge in [0.25, 0.3) is 0 Å². The highest BCUT2D eigenvalue weighted by atomic mass is 35.5. The summed E-state index contributed by atoms with van der Waals surface area (Å²) in [6.45, 7) is 6.45. The number of hydrogen-bond donors (Lipinski definition) is 2. The van der Waals surface area contributed by atoms with Gasteiger partial charge >= 0.3 is 0 Å². The van der Waals surface area contributed by atoms with Crippen molar-refractivity contribution in [3.05, 3.63) is 40.4 Å². The van der Waals surface area contributed by atoms with Gasteiger partial charge in [-0.3, -0.25) is 9.67 Å². The number of rotatable bonds is 6. The molecule has 0 aliphatic rings. The minimum atomic E-state index is 0.702. The largest absolute Gasteiger partial charge is 0.383 e. The van der Waals surface area contributed by atoms with Gasteiger partial charge in [0.2, 0.25) is 0 Å². The Bertz CT molecular complexity index is 579. The standard InChI is InChI=1S/C14H20ClN5/c1-10-8-16-5-4-13(10)18-7-6-17-9-12-11(2)19-20(3)14(12)15/h4-5,8,17H,6-7,9H2,1-3H3,(H,16,18). The van der Waals surface area contributed by atoms with Crippen molar-refractivity contribution in [1.82, 2.24) is 20.1 Å². The van der Waals surface area contributed by atoms with E-state index in [-0.39, 0.29) is 0 Å².